The zero-order valence-electron chi connectivity index (χ0n) is 25.3. The number of hydrogen-bond donors (Lipinski definition) is 2. The number of rotatable bonds is 8. The maximum Gasteiger partial charge on any atom is 0.261 e. The van der Waals surface area contributed by atoms with E-state index in [0.717, 1.165) is 32.3 Å². The minimum atomic E-state index is -0.878. The van der Waals surface area contributed by atoms with Gasteiger partial charge in [-0.25, -0.2) is 0 Å². The van der Waals surface area contributed by atoms with E-state index in [4.69, 9.17) is 0 Å². The molecule has 0 spiro atoms. The van der Waals surface area contributed by atoms with Crippen LogP contribution in [0.5, 0.6) is 0 Å². The van der Waals surface area contributed by atoms with Crippen molar-refractivity contribution in [3.63, 3.8) is 0 Å². The highest BCUT2D eigenvalue weighted by molar-refractivity contribution is 6.41. The number of carbonyl (C=O) groups excluding carboxylic acids is 4. The van der Waals surface area contributed by atoms with E-state index in [-0.39, 0.29) is 31.4 Å². The molecule has 224 valence electrons. The van der Waals surface area contributed by atoms with Gasteiger partial charge in [-0.2, -0.15) is 0 Å². The van der Waals surface area contributed by atoms with Gasteiger partial charge < -0.3 is 10.2 Å². The second kappa shape index (κ2) is 9.55. The summed E-state index contributed by atoms with van der Waals surface area (Å²) in [5.74, 6) is -1.51. The fourth-order valence-corrected chi connectivity index (χ4v) is 7.87. The molecule has 0 aromatic heterocycles. The molecule has 0 bridgehead atoms. The van der Waals surface area contributed by atoms with Gasteiger partial charge in [-0.05, 0) is 96.1 Å². The predicted molar refractivity (Wildman–Crippen MR) is 169 cm³/mol. The Morgan fingerprint density at radius 1 is 0.523 bits per heavy atom. The zero-order valence-corrected chi connectivity index (χ0v) is 25.3. The minimum absolute atomic E-state index is 0.134. The third-order valence-corrected chi connectivity index (χ3v) is 10.3. The lowest BCUT2D eigenvalue weighted by molar-refractivity contribution is 0.0285. The number of imide groups is 2. The van der Waals surface area contributed by atoms with Crippen LogP contribution in [0.15, 0.2) is 48.5 Å². The van der Waals surface area contributed by atoms with Gasteiger partial charge in [0, 0.05) is 51.8 Å². The fourth-order valence-electron chi connectivity index (χ4n) is 7.87. The van der Waals surface area contributed by atoms with E-state index < -0.39 is 22.9 Å². The van der Waals surface area contributed by atoms with Crippen molar-refractivity contribution < 1.29 is 29.4 Å². The summed E-state index contributed by atoms with van der Waals surface area (Å²) in [7, 11) is 0. The first kappa shape index (κ1) is 28.4. The Morgan fingerprint density at radius 2 is 0.864 bits per heavy atom. The molecule has 4 amide bonds. The Labute approximate surface area is 254 Å². The Kier molecular flexibility index (Phi) is 6.16. The van der Waals surface area contributed by atoms with E-state index in [1.807, 2.05) is 38.1 Å². The van der Waals surface area contributed by atoms with Gasteiger partial charge in [0.15, 0.2) is 0 Å². The van der Waals surface area contributed by atoms with Gasteiger partial charge in [0.25, 0.3) is 23.6 Å². The summed E-state index contributed by atoms with van der Waals surface area (Å²) in [6, 6.07) is 14.6. The highest BCUT2D eigenvalue weighted by Gasteiger charge is 2.46. The van der Waals surface area contributed by atoms with Crippen molar-refractivity contribution in [3.05, 3.63) is 70.8 Å². The lowest BCUT2D eigenvalue weighted by atomic mass is 9.80. The maximum atomic E-state index is 14.1. The van der Waals surface area contributed by atoms with Gasteiger partial charge >= 0.3 is 0 Å². The monoisotopic (exact) mass is 590 g/mol. The molecular weight excluding hydrogens is 556 g/mol. The smallest absolute Gasteiger partial charge is 0.261 e. The minimum Gasteiger partial charge on any atom is -0.396 e. The lowest BCUT2D eigenvalue weighted by Gasteiger charge is -2.43. The summed E-state index contributed by atoms with van der Waals surface area (Å²) >= 11 is 0. The van der Waals surface area contributed by atoms with Crippen LogP contribution in [0.1, 0.15) is 94.8 Å². The van der Waals surface area contributed by atoms with Crippen LogP contribution < -0.4 is 0 Å². The first-order chi connectivity index (χ1) is 21.1. The second-order valence-electron chi connectivity index (χ2n) is 12.7. The van der Waals surface area contributed by atoms with Crippen LogP contribution in [-0.2, 0) is 0 Å². The average molecular weight is 591 g/mol. The first-order valence-electron chi connectivity index (χ1n) is 15.3. The average Bonchev–Trinajstić information content (AvgIpc) is 3.01. The van der Waals surface area contributed by atoms with Crippen molar-refractivity contribution >= 4 is 66.7 Å². The SMILES string of the molecule is CCC(CC)(CCO)N1C(=O)c2ccc3c4ccc5c6c(ccc(c7ccc(c2c37)C1=O)c64)C(=O)N(C(C)(C)CCO)C5=O. The van der Waals surface area contributed by atoms with E-state index >= 15 is 0 Å². The molecule has 0 saturated heterocycles. The van der Waals surface area contributed by atoms with Gasteiger partial charge in [-0.3, -0.25) is 29.0 Å². The number of amides is 4. The van der Waals surface area contributed by atoms with Crippen molar-refractivity contribution in [1.82, 2.24) is 9.80 Å². The molecule has 0 fully saturated rings. The highest BCUT2D eigenvalue weighted by Crippen LogP contribution is 2.47. The van der Waals surface area contributed by atoms with Crippen LogP contribution in [-0.4, -0.2) is 67.9 Å². The fraction of sp³-hybridized carbons (Fsp3) is 0.333. The number of benzene rings is 5. The van der Waals surface area contributed by atoms with E-state index in [1.165, 1.54) is 9.80 Å². The van der Waals surface area contributed by atoms with Gasteiger partial charge in [0.2, 0.25) is 0 Å². The molecule has 44 heavy (non-hydrogen) atoms. The third-order valence-electron chi connectivity index (χ3n) is 10.3. The molecule has 2 heterocycles. The maximum absolute atomic E-state index is 14.1. The summed E-state index contributed by atoms with van der Waals surface area (Å²) in [6.45, 7) is 7.14. The van der Waals surface area contributed by atoms with Gasteiger partial charge in [-0.1, -0.05) is 38.1 Å². The predicted octanol–water partition coefficient (Wildman–Crippen LogP) is 6.03. The molecule has 8 nitrogen and oxygen atoms in total. The number of fused-ring (bicyclic) bond motifs is 2. The zero-order chi connectivity index (χ0) is 31.3. The molecule has 2 aliphatic heterocycles. The summed E-state index contributed by atoms with van der Waals surface area (Å²) in [6.07, 6.45) is 1.62. The Hall–Kier alpha value is -4.40. The molecule has 0 unspecified atom stereocenters. The molecule has 8 heteroatoms. The molecule has 7 rings (SSSR count). The van der Waals surface area contributed by atoms with Crippen molar-refractivity contribution in [1.29, 1.82) is 0 Å². The largest absolute Gasteiger partial charge is 0.396 e. The van der Waals surface area contributed by atoms with Crippen LogP contribution in [0, 0.1) is 0 Å². The number of aliphatic hydroxyl groups excluding tert-OH is 2. The Bertz CT molecular complexity index is 1970. The van der Waals surface area contributed by atoms with Crippen molar-refractivity contribution in [2.24, 2.45) is 0 Å². The van der Waals surface area contributed by atoms with Gasteiger partial charge in [0.1, 0.15) is 0 Å². The Morgan fingerprint density at radius 3 is 1.18 bits per heavy atom. The molecule has 0 radical (unpaired) electrons. The highest BCUT2D eigenvalue weighted by atomic mass is 16.3. The number of nitrogens with zero attached hydrogens (tertiary/aromatic N) is 2. The molecule has 2 N–H and O–H groups in total. The normalized spacial score (nSPS) is 15.7. The molecule has 0 atom stereocenters. The van der Waals surface area contributed by atoms with Crippen LogP contribution >= 0.6 is 0 Å². The van der Waals surface area contributed by atoms with Crippen LogP contribution in [0.2, 0.25) is 0 Å². The quantitative estimate of drug-likeness (QED) is 0.130. The lowest BCUT2D eigenvalue weighted by Crippen LogP contribution is -2.56. The van der Waals surface area contributed by atoms with Crippen LogP contribution in [0.3, 0.4) is 0 Å². The van der Waals surface area contributed by atoms with Crippen LogP contribution in [0.4, 0.5) is 0 Å². The van der Waals surface area contributed by atoms with Crippen molar-refractivity contribution in [2.45, 2.75) is 64.5 Å². The van der Waals surface area contributed by atoms with Crippen molar-refractivity contribution in [3.8, 4) is 0 Å². The summed E-state index contributed by atoms with van der Waals surface area (Å²) in [4.78, 5) is 58.5. The van der Waals surface area contributed by atoms with Crippen LogP contribution in [0.25, 0.3) is 43.1 Å². The first-order valence-corrected chi connectivity index (χ1v) is 15.3. The number of hydrogen-bond acceptors (Lipinski definition) is 6. The molecule has 5 aromatic rings. The summed E-state index contributed by atoms with van der Waals surface area (Å²) < 4.78 is 0. The van der Waals surface area contributed by atoms with E-state index in [9.17, 15) is 29.4 Å². The summed E-state index contributed by atoms with van der Waals surface area (Å²) in [5.41, 5.74) is 0.0910. The second-order valence-corrected chi connectivity index (χ2v) is 12.7. The molecule has 2 aliphatic rings. The molecule has 0 aliphatic carbocycles. The number of aliphatic hydroxyl groups is 2. The topological polar surface area (TPSA) is 115 Å². The molecular formula is C36H34N2O6. The summed E-state index contributed by atoms with van der Waals surface area (Å²) in [5, 5.41) is 25.6. The molecule has 5 aromatic carbocycles. The molecule has 0 saturated carbocycles. The van der Waals surface area contributed by atoms with Gasteiger partial charge in [0.05, 0.1) is 5.54 Å². The van der Waals surface area contributed by atoms with E-state index in [1.54, 1.807) is 38.1 Å². The Balaban J connectivity index is 1.52. The standard InChI is InChI=1S/C36H34N2O6/c1-5-36(6-2,16-18-40)38-33(43)25-13-9-21-19-7-11-23-29-24(32(42)37(31(23)41)35(3,4)15-17-39)12-8-20(27(19)29)22-10-14-26(34(38)44)30(25)28(21)22/h7-14,39-40H,5-6,15-18H2,1-4H3. The third kappa shape index (κ3) is 3.41. The number of carbonyl (C=O) groups is 4. The van der Waals surface area contributed by atoms with E-state index in [0.29, 0.717) is 52.3 Å². The van der Waals surface area contributed by atoms with E-state index in [2.05, 4.69) is 0 Å². The van der Waals surface area contributed by atoms with Crippen molar-refractivity contribution in [2.75, 3.05) is 13.2 Å². The van der Waals surface area contributed by atoms with Gasteiger partial charge in [-0.15, -0.1) is 0 Å².